The molecule has 0 aliphatic heterocycles. The number of halogens is 1. The Hall–Kier alpha value is -1.80. The van der Waals surface area contributed by atoms with Crippen LogP contribution >= 0.6 is 11.6 Å². The molecule has 0 heterocycles. The van der Waals surface area contributed by atoms with Gasteiger partial charge in [-0.1, -0.05) is 32.4 Å². The van der Waals surface area contributed by atoms with Gasteiger partial charge in [-0.05, 0) is 25.1 Å². The van der Waals surface area contributed by atoms with Gasteiger partial charge in [-0.15, -0.1) is 0 Å². The molecule has 1 aromatic carbocycles. The first-order valence-electron chi connectivity index (χ1n) is 7.51. The molecule has 140 valence electrons. The van der Waals surface area contributed by atoms with E-state index in [0.29, 0.717) is 5.75 Å². The normalized spacial score (nSPS) is 12.7. The van der Waals surface area contributed by atoms with Crippen LogP contribution in [-0.2, 0) is 14.8 Å². The Morgan fingerprint density at radius 2 is 1.96 bits per heavy atom. The Morgan fingerprint density at radius 1 is 1.36 bits per heavy atom. The van der Waals surface area contributed by atoms with Gasteiger partial charge in [-0.25, -0.2) is 13.8 Å². The number of rotatable bonds is 6. The minimum atomic E-state index is -3.69. The molecule has 0 spiro atoms. The summed E-state index contributed by atoms with van der Waals surface area (Å²) in [7, 11) is -2.24. The highest BCUT2D eigenvalue weighted by Gasteiger charge is 2.22. The number of nitrogens with zero attached hydrogens (tertiary/aromatic N) is 2. The van der Waals surface area contributed by atoms with Crippen molar-refractivity contribution < 1.29 is 17.9 Å². The summed E-state index contributed by atoms with van der Waals surface area (Å²) in [4.78, 5) is 12.1. The minimum absolute atomic E-state index is 0.201. The van der Waals surface area contributed by atoms with E-state index < -0.39 is 22.5 Å². The lowest BCUT2D eigenvalue weighted by atomic mass is 9.91. The van der Waals surface area contributed by atoms with Crippen LogP contribution in [-0.4, -0.2) is 39.9 Å². The van der Waals surface area contributed by atoms with Gasteiger partial charge < -0.3 is 4.74 Å². The molecule has 0 radical (unpaired) electrons. The molecule has 0 saturated carbocycles. The summed E-state index contributed by atoms with van der Waals surface area (Å²) in [6.07, 6.45) is 1.02. The van der Waals surface area contributed by atoms with E-state index in [0.717, 1.165) is 16.3 Å². The number of carbonyl (C=O) groups excluding carboxylic acids is 1. The number of hydrazone groups is 1. The van der Waals surface area contributed by atoms with Crippen molar-refractivity contribution in [3.8, 4) is 5.75 Å². The summed E-state index contributed by atoms with van der Waals surface area (Å²) in [5, 5.41) is 4.26. The van der Waals surface area contributed by atoms with Crippen molar-refractivity contribution in [1.29, 1.82) is 0 Å². The summed E-state index contributed by atoms with van der Waals surface area (Å²) in [6.45, 7) is 7.25. The lowest BCUT2D eigenvalue weighted by molar-refractivity contribution is -0.119. The van der Waals surface area contributed by atoms with Crippen LogP contribution in [0.1, 0.15) is 27.7 Å². The molecule has 0 aliphatic carbocycles. The highest BCUT2D eigenvalue weighted by Crippen LogP contribution is 2.30. The van der Waals surface area contributed by atoms with Crippen LogP contribution in [0.3, 0.4) is 0 Å². The molecule has 1 amide bonds. The van der Waals surface area contributed by atoms with Crippen molar-refractivity contribution in [2.45, 2.75) is 27.7 Å². The number of ether oxygens (including phenoxy) is 1. The summed E-state index contributed by atoms with van der Waals surface area (Å²) >= 11 is 6.04. The smallest absolute Gasteiger partial charge is 0.260 e. The van der Waals surface area contributed by atoms with Crippen LogP contribution in [0, 0.1) is 5.41 Å². The van der Waals surface area contributed by atoms with Gasteiger partial charge in [0.25, 0.3) is 5.91 Å². The van der Waals surface area contributed by atoms with E-state index in [2.05, 4.69) is 10.5 Å². The van der Waals surface area contributed by atoms with Crippen LogP contribution in [0.25, 0.3) is 0 Å². The van der Waals surface area contributed by atoms with E-state index in [4.69, 9.17) is 16.3 Å². The standard InChI is InChI=1S/C16H24ClN3O4S/c1-11(16(2,3)4)18-19-15(21)10-20(25(6,22)23)12-7-8-14(24-5)13(17)9-12/h7-9H,10H2,1-6H3,(H,19,21)/b18-11-. The maximum Gasteiger partial charge on any atom is 0.260 e. The van der Waals surface area contributed by atoms with Crippen molar-refractivity contribution >= 4 is 38.9 Å². The molecular formula is C16H24ClN3O4S. The van der Waals surface area contributed by atoms with Crippen LogP contribution in [0.2, 0.25) is 5.02 Å². The Kier molecular flexibility index (Phi) is 6.84. The van der Waals surface area contributed by atoms with E-state index >= 15 is 0 Å². The Balaban J connectivity index is 3.03. The fourth-order valence-corrected chi connectivity index (χ4v) is 2.79. The maximum absolute atomic E-state index is 12.1. The van der Waals surface area contributed by atoms with E-state index in [1.165, 1.54) is 25.3 Å². The van der Waals surface area contributed by atoms with Crippen molar-refractivity contribution in [3.05, 3.63) is 23.2 Å². The van der Waals surface area contributed by atoms with Gasteiger partial charge in [0.05, 0.1) is 24.1 Å². The van der Waals surface area contributed by atoms with Gasteiger partial charge >= 0.3 is 0 Å². The van der Waals surface area contributed by atoms with Gasteiger partial charge in [0, 0.05) is 11.1 Å². The number of benzene rings is 1. The second-order valence-corrected chi connectivity index (χ2v) is 8.88. The predicted octanol–water partition coefficient (Wildman–Crippen LogP) is 2.65. The summed E-state index contributed by atoms with van der Waals surface area (Å²) in [6, 6.07) is 4.48. The number of anilines is 1. The molecule has 0 aromatic heterocycles. The first kappa shape index (κ1) is 21.2. The molecule has 1 aromatic rings. The fourth-order valence-electron chi connectivity index (χ4n) is 1.69. The number of amides is 1. The molecule has 1 N–H and O–H groups in total. The van der Waals surface area contributed by atoms with Gasteiger partial charge in [-0.3, -0.25) is 9.10 Å². The second-order valence-electron chi connectivity index (χ2n) is 6.57. The molecule has 0 unspecified atom stereocenters. The van der Waals surface area contributed by atoms with E-state index in [1.807, 2.05) is 20.8 Å². The molecule has 0 fully saturated rings. The van der Waals surface area contributed by atoms with Gasteiger partial charge in [-0.2, -0.15) is 5.10 Å². The lowest BCUT2D eigenvalue weighted by Crippen LogP contribution is -2.39. The number of hydrogen-bond donors (Lipinski definition) is 1. The third-order valence-electron chi connectivity index (χ3n) is 3.54. The van der Waals surface area contributed by atoms with Crippen molar-refractivity contribution in [2.24, 2.45) is 10.5 Å². The average Bonchev–Trinajstić information content (AvgIpc) is 2.48. The third-order valence-corrected chi connectivity index (χ3v) is 4.98. The molecule has 0 atom stereocenters. The highest BCUT2D eigenvalue weighted by atomic mass is 35.5. The first-order chi connectivity index (χ1) is 11.4. The number of methoxy groups -OCH3 is 1. The summed E-state index contributed by atoms with van der Waals surface area (Å²) < 4.78 is 30.1. The quantitative estimate of drug-likeness (QED) is 0.598. The molecule has 0 bridgehead atoms. The summed E-state index contributed by atoms with van der Waals surface area (Å²) in [5.74, 6) is -0.144. The second kappa shape index (κ2) is 8.05. The third kappa shape index (κ3) is 6.21. The monoisotopic (exact) mass is 389 g/mol. The van der Waals surface area contributed by atoms with Gasteiger partial charge in [0.1, 0.15) is 12.3 Å². The molecule has 9 heteroatoms. The number of sulfonamides is 1. The molecule has 25 heavy (non-hydrogen) atoms. The molecule has 0 aliphatic rings. The Labute approximate surface area is 154 Å². The zero-order valence-corrected chi connectivity index (χ0v) is 16.8. The van der Waals surface area contributed by atoms with E-state index in [9.17, 15) is 13.2 Å². The van der Waals surface area contributed by atoms with Crippen LogP contribution < -0.4 is 14.5 Å². The van der Waals surface area contributed by atoms with Gasteiger partial charge in [0.15, 0.2) is 0 Å². The molecule has 0 saturated heterocycles. The molecule has 7 nitrogen and oxygen atoms in total. The first-order valence-corrected chi connectivity index (χ1v) is 9.73. The largest absolute Gasteiger partial charge is 0.495 e. The molecule has 1 rings (SSSR count). The van der Waals surface area contributed by atoms with E-state index in [1.54, 1.807) is 6.92 Å². The van der Waals surface area contributed by atoms with Crippen molar-refractivity contribution in [2.75, 3.05) is 24.2 Å². The number of hydrogen-bond acceptors (Lipinski definition) is 5. The van der Waals surface area contributed by atoms with Gasteiger partial charge in [0.2, 0.25) is 10.0 Å². The van der Waals surface area contributed by atoms with Crippen LogP contribution in [0.4, 0.5) is 5.69 Å². The maximum atomic E-state index is 12.1. The topological polar surface area (TPSA) is 88.1 Å². The number of carbonyl (C=O) groups is 1. The van der Waals surface area contributed by atoms with Crippen molar-refractivity contribution in [1.82, 2.24) is 5.43 Å². The zero-order chi connectivity index (χ0) is 19.4. The minimum Gasteiger partial charge on any atom is -0.495 e. The average molecular weight is 390 g/mol. The van der Waals surface area contributed by atoms with Crippen LogP contribution in [0.15, 0.2) is 23.3 Å². The fraction of sp³-hybridized carbons (Fsp3) is 0.500. The highest BCUT2D eigenvalue weighted by molar-refractivity contribution is 7.92. The SMILES string of the molecule is COc1ccc(N(CC(=O)N/N=C(/C)C(C)(C)C)S(C)(=O)=O)cc1Cl. The Morgan fingerprint density at radius 3 is 2.40 bits per heavy atom. The summed E-state index contributed by atoms with van der Waals surface area (Å²) in [5.41, 5.74) is 3.17. The number of nitrogens with one attached hydrogen (secondary N) is 1. The van der Waals surface area contributed by atoms with E-state index in [-0.39, 0.29) is 16.1 Å². The lowest BCUT2D eigenvalue weighted by Gasteiger charge is -2.22. The zero-order valence-electron chi connectivity index (χ0n) is 15.3. The van der Waals surface area contributed by atoms with Crippen LogP contribution in [0.5, 0.6) is 5.75 Å². The Bertz CT molecular complexity index is 770. The molecular weight excluding hydrogens is 366 g/mol. The van der Waals surface area contributed by atoms with Crippen molar-refractivity contribution in [3.63, 3.8) is 0 Å². The predicted molar refractivity (Wildman–Crippen MR) is 101 cm³/mol.